The fourth-order valence-electron chi connectivity index (χ4n) is 3.11. The van der Waals surface area contributed by atoms with Crippen LogP contribution >= 0.6 is 11.3 Å². The molecule has 0 aromatic carbocycles. The highest BCUT2D eigenvalue weighted by molar-refractivity contribution is 7.13. The topological polar surface area (TPSA) is 87.2 Å². The molecule has 0 aliphatic carbocycles. The molecule has 2 aromatic heterocycles. The average molecular weight is 360 g/mol. The number of nitrogens with zero attached hydrogens (tertiary/aromatic N) is 6. The Balaban J connectivity index is 1.95. The maximum Gasteiger partial charge on any atom is 0.332 e. The van der Waals surface area contributed by atoms with E-state index in [1.165, 1.54) is 11.6 Å². The Morgan fingerprint density at radius 1 is 1.12 bits per heavy atom. The van der Waals surface area contributed by atoms with E-state index in [1.807, 2.05) is 23.3 Å². The lowest BCUT2D eigenvalue weighted by Crippen LogP contribution is -2.43. The quantitative estimate of drug-likeness (QED) is 0.772. The molecule has 0 atom stereocenters. The Bertz CT molecular complexity index is 951. The largest absolute Gasteiger partial charge is 0.355 e. The van der Waals surface area contributed by atoms with Crippen molar-refractivity contribution in [3.63, 3.8) is 0 Å². The van der Waals surface area contributed by atoms with E-state index < -0.39 is 11.2 Å². The van der Waals surface area contributed by atoms with Crippen LogP contribution in [0.3, 0.4) is 0 Å². The predicted molar refractivity (Wildman–Crippen MR) is 97.5 cm³/mol. The van der Waals surface area contributed by atoms with E-state index in [-0.39, 0.29) is 5.56 Å². The van der Waals surface area contributed by atoms with Gasteiger partial charge in [-0.1, -0.05) is 0 Å². The van der Waals surface area contributed by atoms with Crippen LogP contribution in [0.5, 0.6) is 0 Å². The molecular formula is C16H20N6O2S. The van der Waals surface area contributed by atoms with Crippen molar-refractivity contribution in [1.82, 2.24) is 14.1 Å². The van der Waals surface area contributed by atoms with Crippen molar-refractivity contribution in [2.45, 2.75) is 13.3 Å². The lowest BCUT2D eigenvalue weighted by Gasteiger charge is -2.26. The van der Waals surface area contributed by atoms with Gasteiger partial charge in [-0.2, -0.15) is 5.26 Å². The molecule has 1 fully saturated rings. The summed E-state index contributed by atoms with van der Waals surface area (Å²) in [6.07, 6.45) is 0.854. The first-order chi connectivity index (χ1) is 11.9. The van der Waals surface area contributed by atoms with Crippen LogP contribution in [0.2, 0.25) is 0 Å². The fraction of sp³-hybridized carbons (Fsp3) is 0.500. The van der Waals surface area contributed by atoms with Gasteiger partial charge in [-0.3, -0.25) is 13.9 Å². The van der Waals surface area contributed by atoms with Crippen molar-refractivity contribution >= 4 is 22.3 Å². The van der Waals surface area contributed by atoms with Crippen molar-refractivity contribution in [3.8, 4) is 6.07 Å². The molecule has 0 spiro atoms. The van der Waals surface area contributed by atoms with Crippen LogP contribution < -0.4 is 21.0 Å². The first-order valence-electron chi connectivity index (χ1n) is 8.06. The molecule has 3 rings (SSSR count). The normalized spacial score (nSPS) is 15.1. The van der Waals surface area contributed by atoms with Gasteiger partial charge in [0.2, 0.25) is 0 Å². The third kappa shape index (κ3) is 3.05. The van der Waals surface area contributed by atoms with Crippen LogP contribution in [0.1, 0.15) is 17.7 Å². The molecule has 0 radical (unpaired) electrons. The Morgan fingerprint density at radius 3 is 2.44 bits per heavy atom. The molecule has 132 valence electrons. The third-order valence-electron chi connectivity index (χ3n) is 4.42. The first kappa shape index (κ1) is 17.2. The van der Waals surface area contributed by atoms with E-state index in [1.54, 1.807) is 18.4 Å². The zero-order valence-corrected chi connectivity index (χ0v) is 15.3. The van der Waals surface area contributed by atoms with Crippen molar-refractivity contribution in [2.24, 2.45) is 14.1 Å². The maximum atomic E-state index is 12.3. The van der Waals surface area contributed by atoms with Crippen molar-refractivity contribution in [1.29, 1.82) is 5.26 Å². The van der Waals surface area contributed by atoms with Crippen molar-refractivity contribution in [2.75, 3.05) is 36.0 Å². The number of thiazole rings is 1. The van der Waals surface area contributed by atoms with Crippen LogP contribution in [0.4, 0.5) is 10.9 Å². The first-order valence-corrected chi connectivity index (χ1v) is 8.94. The highest BCUT2D eigenvalue weighted by Gasteiger charge is 2.24. The molecule has 9 heteroatoms. The lowest BCUT2D eigenvalue weighted by atomic mass is 10.2. The number of nitriles is 1. The maximum absolute atomic E-state index is 12.3. The Kier molecular flexibility index (Phi) is 4.63. The number of aromatic nitrogens is 3. The second kappa shape index (κ2) is 6.72. The fourth-order valence-corrected chi connectivity index (χ4v) is 3.97. The van der Waals surface area contributed by atoms with Gasteiger partial charge in [0.25, 0.3) is 5.56 Å². The molecule has 1 aliphatic rings. The van der Waals surface area contributed by atoms with Crippen LogP contribution in [-0.4, -0.2) is 40.3 Å². The number of hydrogen-bond acceptors (Lipinski definition) is 7. The van der Waals surface area contributed by atoms with E-state index in [4.69, 9.17) is 0 Å². The number of aryl methyl sites for hydroxylation is 1. The molecule has 1 aliphatic heterocycles. The summed E-state index contributed by atoms with van der Waals surface area (Å²) in [4.78, 5) is 33.3. The van der Waals surface area contributed by atoms with Crippen molar-refractivity contribution in [3.05, 3.63) is 37.5 Å². The minimum Gasteiger partial charge on any atom is -0.355 e. The molecule has 8 nitrogen and oxygen atoms in total. The summed E-state index contributed by atoms with van der Waals surface area (Å²) >= 11 is 1.62. The van der Waals surface area contributed by atoms with Gasteiger partial charge in [-0.25, -0.2) is 9.78 Å². The summed E-state index contributed by atoms with van der Waals surface area (Å²) in [5.74, 6) is 0.410. The summed E-state index contributed by atoms with van der Waals surface area (Å²) in [6.45, 7) is 4.84. The summed E-state index contributed by atoms with van der Waals surface area (Å²) in [5.41, 5.74) is 0.0536. The standard InChI is InChI=1S/C16H20N6O2S/c1-11-10-25-15(18-11)22-6-4-5-21(7-8-22)13-12(9-17)14(23)20(3)16(24)19(13)2/h10H,4-8H2,1-3H3. The molecular weight excluding hydrogens is 340 g/mol. The van der Waals surface area contributed by atoms with Gasteiger partial charge in [0.1, 0.15) is 11.9 Å². The summed E-state index contributed by atoms with van der Waals surface area (Å²) in [6, 6.07) is 1.98. The molecule has 0 bridgehead atoms. The van der Waals surface area contributed by atoms with Crippen LogP contribution in [0, 0.1) is 18.3 Å². The molecule has 25 heavy (non-hydrogen) atoms. The smallest absolute Gasteiger partial charge is 0.332 e. The van der Waals surface area contributed by atoms with Gasteiger partial charge in [-0.15, -0.1) is 11.3 Å². The van der Waals surface area contributed by atoms with E-state index in [9.17, 15) is 14.9 Å². The Labute approximate surface area is 149 Å². The van der Waals surface area contributed by atoms with E-state index in [2.05, 4.69) is 9.88 Å². The second-order valence-electron chi connectivity index (χ2n) is 6.12. The van der Waals surface area contributed by atoms with E-state index in [0.717, 1.165) is 34.9 Å². The van der Waals surface area contributed by atoms with Gasteiger partial charge in [0.15, 0.2) is 10.7 Å². The number of anilines is 2. The number of hydrogen-bond donors (Lipinski definition) is 0. The highest BCUT2D eigenvalue weighted by atomic mass is 32.1. The molecule has 1 saturated heterocycles. The molecule has 0 amide bonds. The summed E-state index contributed by atoms with van der Waals surface area (Å²) in [7, 11) is 3.00. The molecule has 3 heterocycles. The van der Waals surface area contributed by atoms with E-state index in [0.29, 0.717) is 18.9 Å². The highest BCUT2D eigenvalue weighted by Crippen LogP contribution is 2.23. The van der Waals surface area contributed by atoms with Gasteiger partial charge >= 0.3 is 5.69 Å². The summed E-state index contributed by atoms with van der Waals surface area (Å²) in [5, 5.41) is 12.5. The van der Waals surface area contributed by atoms with Gasteiger partial charge in [0, 0.05) is 45.7 Å². The van der Waals surface area contributed by atoms with Gasteiger partial charge in [-0.05, 0) is 13.3 Å². The zero-order valence-electron chi connectivity index (χ0n) is 14.5. The SMILES string of the molecule is Cc1csc(N2CCCN(c3c(C#N)c(=O)n(C)c(=O)n3C)CC2)n1. The van der Waals surface area contributed by atoms with Crippen LogP contribution in [-0.2, 0) is 14.1 Å². The van der Waals surface area contributed by atoms with Crippen LogP contribution in [0.25, 0.3) is 0 Å². The Hall–Kier alpha value is -2.60. The second-order valence-corrected chi connectivity index (χ2v) is 6.95. The predicted octanol–water partition coefficient (Wildman–Crippen LogP) is 0.437. The third-order valence-corrected chi connectivity index (χ3v) is 5.44. The molecule has 0 unspecified atom stereocenters. The van der Waals surface area contributed by atoms with Crippen molar-refractivity contribution < 1.29 is 0 Å². The average Bonchev–Trinajstić information content (AvgIpc) is 2.89. The van der Waals surface area contributed by atoms with Gasteiger partial charge in [0.05, 0.1) is 5.69 Å². The minimum atomic E-state index is -0.544. The Morgan fingerprint density at radius 2 is 1.80 bits per heavy atom. The summed E-state index contributed by atoms with van der Waals surface area (Å²) < 4.78 is 2.37. The molecule has 2 aromatic rings. The molecule has 0 N–H and O–H groups in total. The monoisotopic (exact) mass is 360 g/mol. The van der Waals surface area contributed by atoms with Crippen LogP contribution in [0.15, 0.2) is 15.0 Å². The van der Waals surface area contributed by atoms with Gasteiger partial charge < -0.3 is 9.80 Å². The molecule has 0 saturated carbocycles. The number of rotatable bonds is 2. The van der Waals surface area contributed by atoms with E-state index >= 15 is 0 Å². The lowest BCUT2D eigenvalue weighted by molar-refractivity contribution is 0.656. The zero-order chi connectivity index (χ0) is 18.1. The minimum absolute atomic E-state index is 0.0168.